The fourth-order valence-electron chi connectivity index (χ4n) is 2.99. The molecule has 0 amide bonds. The number of nitrogens with zero attached hydrogens (tertiary/aromatic N) is 6. The van der Waals surface area contributed by atoms with E-state index < -0.39 is 0 Å². The van der Waals surface area contributed by atoms with Gasteiger partial charge in [0.15, 0.2) is 0 Å². The van der Waals surface area contributed by atoms with Crippen LogP contribution >= 0.6 is 0 Å². The van der Waals surface area contributed by atoms with Crippen molar-refractivity contribution in [2.24, 2.45) is 0 Å². The van der Waals surface area contributed by atoms with Gasteiger partial charge in [0.2, 0.25) is 5.95 Å². The SMILES string of the molecule is CCc1cnc(N2CCN(c3ncnc(C)c3CC)CC2)nc1. The Morgan fingerprint density at radius 1 is 0.870 bits per heavy atom. The summed E-state index contributed by atoms with van der Waals surface area (Å²) in [4.78, 5) is 22.4. The molecule has 3 heterocycles. The standard InChI is InChI=1S/C17H24N6/c1-4-14-10-18-17(19-11-14)23-8-6-22(7-9-23)16-15(5-2)13(3)20-12-21-16/h10-12H,4-9H2,1-3H3. The molecule has 1 saturated heterocycles. The summed E-state index contributed by atoms with van der Waals surface area (Å²) < 4.78 is 0. The molecule has 1 aliphatic heterocycles. The average molecular weight is 312 g/mol. The zero-order chi connectivity index (χ0) is 16.2. The van der Waals surface area contributed by atoms with Crippen molar-refractivity contribution in [3.63, 3.8) is 0 Å². The Kier molecular flexibility index (Phi) is 4.69. The zero-order valence-corrected chi connectivity index (χ0v) is 14.2. The molecule has 3 rings (SSSR count). The highest BCUT2D eigenvalue weighted by Gasteiger charge is 2.22. The Hall–Kier alpha value is -2.24. The van der Waals surface area contributed by atoms with Crippen LogP contribution in [0.4, 0.5) is 11.8 Å². The number of rotatable bonds is 4. The fraction of sp³-hybridized carbons (Fsp3) is 0.529. The van der Waals surface area contributed by atoms with Gasteiger partial charge in [-0.05, 0) is 25.3 Å². The minimum Gasteiger partial charge on any atom is -0.353 e. The van der Waals surface area contributed by atoms with Crippen LogP contribution in [0.2, 0.25) is 0 Å². The van der Waals surface area contributed by atoms with E-state index in [1.807, 2.05) is 12.4 Å². The Bertz CT molecular complexity index is 647. The third-order valence-electron chi connectivity index (χ3n) is 4.45. The van der Waals surface area contributed by atoms with Gasteiger partial charge in [-0.3, -0.25) is 0 Å². The highest BCUT2D eigenvalue weighted by atomic mass is 15.3. The van der Waals surface area contributed by atoms with Gasteiger partial charge >= 0.3 is 0 Å². The van der Waals surface area contributed by atoms with Crippen LogP contribution in [0.25, 0.3) is 0 Å². The molecule has 0 radical (unpaired) electrons. The van der Waals surface area contributed by atoms with Crippen molar-refractivity contribution in [2.45, 2.75) is 33.6 Å². The Morgan fingerprint density at radius 2 is 1.52 bits per heavy atom. The van der Waals surface area contributed by atoms with Crippen molar-refractivity contribution in [1.82, 2.24) is 19.9 Å². The van der Waals surface area contributed by atoms with Gasteiger partial charge < -0.3 is 9.80 Å². The predicted molar refractivity (Wildman–Crippen MR) is 92.0 cm³/mol. The topological polar surface area (TPSA) is 58.0 Å². The van der Waals surface area contributed by atoms with E-state index in [1.165, 1.54) is 11.1 Å². The number of hydrogen-bond acceptors (Lipinski definition) is 6. The summed E-state index contributed by atoms with van der Waals surface area (Å²) in [6, 6.07) is 0. The van der Waals surface area contributed by atoms with Crippen molar-refractivity contribution in [3.8, 4) is 0 Å². The molecule has 1 aliphatic rings. The second kappa shape index (κ2) is 6.89. The van der Waals surface area contributed by atoms with Crippen LogP contribution in [-0.4, -0.2) is 46.1 Å². The summed E-state index contributed by atoms with van der Waals surface area (Å²) >= 11 is 0. The van der Waals surface area contributed by atoms with E-state index in [0.29, 0.717) is 0 Å². The summed E-state index contributed by atoms with van der Waals surface area (Å²) in [5, 5.41) is 0. The van der Waals surface area contributed by atoms with E-state index in [-0.39, 0.29) is 0 Å². The highest BCUT2D eigenvalue weighted by Crippen LogP contribution is 2.22. The average Bonchev–Trinajstić information content (AvgIpc) is 2.62. The highest BCUT2D eigenvalue weighted by molar-refractivity contribution is 5.50. The van der Waals surface area contributed by atoms with E-state index >= 15 is 0 Å². The van der Waals surface area contributed by atoms with Crippen molar-refractivity contribution in [3.05, 3.63) is 35.5 Å². The third kappa shape index (κ3) is 3.25. The summed E-state index contributed by atoms with van der Waals surface area (Å²) in [6.07, 6.45) is 7.46. The monoisotopic (exact) mass is 312 g/mol. The van der Waals surface area contributed by atoms with E-state index in [4.69, 9.17) is 0 Å². The molecule has 0 aromatic carbocycles. The Morgan fingerprint density at radius 3 is 2.13 bits per heavy atom. The lowest BCUT2D eigenvalue weighted by Gasteiger charge is -2.36. The smallest absolute Gasteiger partial charge is 0.225 e. The molecule has 6 nitrogen and oxygen atoms in total. The van der Waals surface area contributed by atoms with Crippen LogP contribution in [-0.2, 0) is 12.8 Å². The quantitative estimate of drug-likeness (QED) is 0.861. The normalized spacial score (nSPS) is 15.1. The van der Waals surface area contributed by atoms with Crippen molar-refractivity contribution in [2.75, 3.05) is 36.0 Å². The predicted octanol–water partition coefficient (Wildman–Crippen LogP) is 2.03. The molecule has 0 bridgehead atoms. The zero-order valence-electron chi connectivity index (χ0n) is 14.2. The first-order chi connectivity index (χ1) is 11.2. The first kappa shape index (κ1) is 15.6. The molecule has 2 aromatic heterocycles. The second-order valence-corrected chi connectivity index (χ2v) is 5.83. The molecule has 0 unspecified atom stereocenters. The molecular weight excluding hydrogens is 288 g/mol. The van der Waals surface area contributed by atoms with Crippen LogP contribution in [0.5, 0.6) is 0 Å². The van der Waals surface area contributed by atoms with E-state index in [0.717, 1.165) is 56.5 Å². The van der Waals surface area contributed by atoms with E-state index in [9.17, 15) is 0 Å². The molecule has 23 heavy (non-hydrogen) atoms. The second-order valence-electron chi connectivity index (χ2n) is 5.83. The van der Waals surface area contributed by atoms with Gasteiger partial charge in [-0.25, -0.2) is 19.9 Å². The maximum absolute atomic E-state index is 4.52. The minimum atomic E-state index is 0.830. The van der Waals surface area contributed by atoms with Gasteiger partial charge in [0.05, 0.1) is 0 Å². The summed E-state index contributed by atoms with van der Waals surface area (Å²) in [7, 11) is 0. The fourth-order valence-corrected chi connectivity index (χ4v) is 2.99. The largest absolute Gasteiger partial charge is 0.353 e. The maximum atomic E-state index is 4.52. The summed E-state index contributed by atoms with van der Waals surface area (Å²) in [5.74, 6) is 1.92. The molecule has 0 saturated carbocycles. The van der Waals surface area contributed by atoms with Crippen molar-refractivity contribution >= 4 is 11.8 Å². The third-order valence-corrected chi connectivity index (χ3v) is 4.45. The summed E-state index contributed by atoms with van der Waals surface area (Å²) in [6.45, 7) is 10.0. The Balaban J connectivity index is 1.69. The van der Waals surface area contributed by atoms with E-state index in [2.05, 4.69) is 50.5 Å². The number of aryl methyl sites for hydroxylation is 2. The van der Waals surface area contributed by atoms with Gasteiger partial charge in [0.1, 0.15) is 12.1 Å². The summed E-state index contributed by atoms with van der Waals surface area (Å²) in [5.41, 5.74) is 3.51. The van der Waals surface area contributed by atoms with Crippen molar-refractivity contribution < 1.29 is 0 Å². The first-order valence-electron chi connectivity index (χ1n) is 8.34. The van der Waals surface area contributed by atoms with Crippen LogP contribution < -0.4 is 9.80 Å². The Labute approximate surface area is 137 Å². The van der Waals surface area contributed by atoms with Gasteiger partial charge in [-0.15, -0.1) is 0 Å². The molecule has 0 spiro atoms. The number of aromatic nitrogens is 4. The minimum absolute atomic E-state index is 0.830. The first-order valence-corrected chi connectivity index (χ1v) is 8.34. The van der Waals surface area contributed by atoms with Crippen LogP contribution in [0.1, 0.15) is 30.7 Å². The van der Waals surface area contributed by atoms with Gasteiger partial charge in [-0.1, -0.05) is 13.8 Å². The molecule has 122 valence electrons. The number of anilines is 2. The van der Waals surface area contributed by atoms with Gasteiger partial charge in [0.25, 0.3) is 0 Å². The lowest BCUT2D eigenvalue weighted by Crippen LogP contribution is -2.47. The van der Waals surface area contributed by atoms with Gasteiger partial charge in [0, 0.05) is 49.8 Å². The number of piperazine rings is 1. The van der Waals surface area contributed by atoms with E-state index in [1.54, 1.807) is 6.33 Å². The van der Waals surface area contributed by atoms with Crippen LogP contribution in [0, 0.1) is 6.92 Å². The van der Waals surface area contributed by atoms with Gasteiger partial charge in [-0.2, -0.15) is 0 Å². The molecule has 1 fully saturated rings. The van der Waals surface area contributed by atoms with Crippen molar-refractivity contribution in [1.29, 1.82) is 0 Å². The molecule has 6 heteroatoms. The molecular formula is C17H24N6. The lowest BCUT2D eigenvalue weighted by atomic mass is 10.1. The molecule has 0 N–H and O–H groups in total. The molecule has 0 aliphatic carbocycles. The number of hydrogen-bond donors (Lipinski definition) is 0. The molecule has 2 aromatic rings. The maximum Gasteiger partial charge on any atom is 0.225 e. The van der Waals surface area contributed by atoms with Crippen LogP contribution in [0.3, 0.4) is 0 Å². The molecule has 0 atom stereocenters. The lowest BCUT2D eigenvalue weighted by molar-refractivity contribution is 0.630. The van der Waals surface area contributed by atoms with Crippen LogP contribution in [0.15, 0.2) is 18.7 Å².